The summed E-state index contributed by atoms with van der Waals surface area (Å²) in [5.41, 5.74) is 4.83. The molecule has 0 spiro atoms. The lowest BCUT2D eigenvalue weighted by molar-refractivity contribution is -0.384. The first kappa shape index (κ1) is 14.0. The molecule has 0 amide bonds. The molecule has 0 aromatic heterocycles. The van der Waals surface area contributed by atoms with E-state index in [0.29, 0.717) is 17.9 Å². The maximum Gasteiger partial charge on any atom is 0.269 e. The molecule has 0 heterocycles. The van der Waals surface area contributed by atoms with E-state index in [2.05, 4.69) is 5.43 Å². The molecule has 6 heteroatoms. The molecule has 0 aliphatic heterocycles. The van der Waals surface area contributed by atoms with Gasteiger partial charge in [-0.2, -0.15) is 0 Å². The first-order valence-corrected chi connectivity index (χ1v) is 6.06. The number of nitrogens with zero attached hydrogens (tertiary/aromatic N) is 1. The number of nitro benzene ring substituents is 1. The van der Waals surface area contributed by atoms with Gasteiger partial charge in [0, 0.05) is 17.7 Å². The number of nitrogens with one attached hydrogen (secondary N) is 1. The fourth-order valence-electron chi connectivity index (χ4n) is 1.81. The number of anilines is 1. The number of hydrogen-bond acceptors (Lipinski definition) is 5. The van der Waals surface area contributed by atoms with Crippen molar-refractivity contribution in [3.8, 4) is 0 Å². The van der Waals surface area contributed by atoms with Gasteiger partial charge in [0.25, 0.3) is 5.69 Å². The number of rotatable bonds is 6. The van der Waals surface area contributed by atoms with Crippen LogP contribution in [-0.2, 0) is 18.0 Å². The highest BCUT2D eigenvalue weighted by molar-refractivity contribution is 5.55. The number of benzene rings is 2. The van der Waals surface area contributed by atoms with Gasteiger partial charge >= 0.3 is 0 Å². The van der Waals surface area contributed by atoms with Gasteiger partial charge in [-0.25, -0.2) is 0 Å². The summed E-state index contributed by atoms with van der Waals surface area (Å²) in [5.74, 6) is 5.38. The van der Waals surface area contributed by atoms with Crippen molar-refractivity contribution < 1.29 is 9.66 Å². The van der Waals surface area contributed by atoms with Crippen molar-refractivity contribution in [3.05, 3.63) is 69.8 Å². The minimum atomic E-state index is -0.443. The second kappa shape index (κ2) is 6.65. The zero-order valence-electron chi connectivity index (χ0n) is 10.8. The third-order valence-corrected chi connectivity index (χ3v) is 2.82. The van der Waals surface area contributed by atoms with Crippen LogP contribution in [0.25, 0.3) is 0 Å². The summed E-state index contributed by atoms with van der Waals surface area (Å²) < 4.78 is 5.56. The summed E-state index contributed by atoms with van der Waals surface area (Å²) >= 11 is 0. The summed E-state index contributed by atoms with van der Waals surface area (Å²) in [6.45, 7) is 0.684. The molecule has 2 aromatic rings. The van der Waals surface area contributed by atoms with E-state index < -0.39 is 4.92 Å². The Morgan fingerprint density at radius 2 is 1.90 bits per heavy atom. The SMILES string of the molecule is NNc1ccc([N+](=O)[O-])cc1COCc1ccccc1. The van der Waals surface area contributed by atoms with Gasteiger partial charge in [-0.3, -0.25) is 16.0 Å². The first-order chi connectivity index (χ1) is 9.70. The van der Waals surface area contributed by atoms with Crippen molar-refractivity contribution in [2.75, 3.05) is 5.43 Å². The summed E-state index contributed by atoms with van der Waals surface area (Å²) in [7, 11) is 0. The molecule has 0 unspecified atom stereocenters. The van der Waals surface area contributed by atoms with Crippen LogP contribution in [0.4, 0.5) is 11.4 Å². The average molecular weight is 273 g/mol. The van der Waals surface area contributed by atoms with Gasteiger partial charge in [0.2, 0.25) is 0 Å². The quantitative estimate of drug-likeness (QED) is 0.479. The number of nitrogens with two attached hydrogens (primary N) is 1. The lowest BCUT2D eigenvalue weighted by Crippen LogP contribution is -2.10. The molecule has 0 aliphatic carbocycles. The van der Waals surface area contributed by atoms with Crippen molar-refractivity contribution in [2.24, 2.45) is 5.84 Å². The minimum Gasteiger partial charge on any atom is -0.372 e. The third kappa shape index (κ3) is 3.53. The molecule has 0 saturated heterocycles. The van der Waals surface area contributed by atoms with E-state index in [1.165, 1.54) is 12.1 Å². The molecule has 0 radical (unpaired) electrons. The van der Waals surface area contributed by atoms with Crippen molar-refractivity contribution >= 4 is 11.4 Å². The molecule has 104 valence electrons. The Labute approximate surface area is 116 Å². The van der Waals surface area contributed by atoms with Crippen LogP contribution in [-0.4, -0.2) is 4.92 Å². The first-order valence-electron chi connectivity index (χ1n) is 6.06. The van der Waals surface area contributed by atoms with E-state index >= 15 is 0 Å². The van der Waals surface area contributed by atoms with E-state index in [0.717, 1.165) is 5.56 Å². The van der Waals surface area contributed by atoms with E-state index in [-0.39, 0.29) is 12.3 Å². The van der Waals surface area contributed by atoms with Gasteiger partial charge in [0.05, 0.1) is 23.8 Å². The van der Waals surface area contributed by atoms with Gasteiger partial charge in [-0.1, -0.05) is 30.3 Å². The van der Waals surface area contributed by atoms with Crippen molar-refractivity contribution in [1.29, 1.82) is 0 Å². The Balaban J connectivity index is 2.04. The molecule has 2 aromatic carbocycles. The lowest BCUT2D eigenvalue weighted by Gasteiger charge is -2.09. The predicted octanol–water partition coefficient (Wildman–Crippen LogP) is 2.60. The molecule has 0 bridgehead atoms. The molecule has 0 saturated carbocycles. The minimum absolute atomic E-state index is 0.0160. The van der Waals surface area contributed by atoms with Gasteiger partial charge in [0.15, 0.2) is 0 Å². The largest absolute Gasteiger partial charge is 0.372 e. The molecular formula is C14H15N3O3. The van der Waals surface area contributed by atoms with Gasteiger partial charge < -0.3 is 10.2 Å². The van der Waals surface area contributed by atoms with Crippen LogP contribution in [0.5, 0.6) is 0 Å². The second-order valence-corrected chi connectivity index (χ2v) is 4.22. The van der Waals surface area contributed by atoms with E-state index in [1.54, 1.807) is 6.07 Å². The zero-order chi connectivity index (χ0) is 14.4. The topological polar surface area (TPSA) is 90.4 Å². The Morgan fingerprint density at radius 1 is 1.15 bits per heavy atom. The average Bonchev–Trinajstić information content (AvgIpc) is 2.48. The predicted molar refractivity (Wildman–Crippen MR) is 75.8 cm³/mol. The van der Waals surface area contributed by atoms with Crippen LogP contribution in [0.1, 0.15) is 11.1 Å². The number of non-ortho nitro benzene ring substituents is 1. The molecule has 0 fully saturated rings. The maximum atomic E-state index is 10.8. The highest BCUT2D eigenvalue weighted by Crippen LogP contribution is 2.22. The monoisotopic (exact) mass is 273 g/mol. The van der Waals surface area contributed by atoms with E-state index in [4.69, 9.17) is 10.6 Å². The van der Waals surface area contributed by atoms with Crippen LogP contribution in [0.15, 0.2) is 48.5 Å². The van der Waals surface area contributed by atoms with Crippen LogP contribution in [0, 0.1) is 10.1 Å². The third-order valence-electron chi connectivity index (χ3n) is 2.82. The van der Waals surface area contributed by atoms with Crippen molar-refractivity contribution in [3.63, 3.8) is 0 Å². The molecule has 6 nitrogen and oxygen atoms in total. The van der Waals surface area contributed by atoms with Crippen LogP contribution in [0.3, 0.4) is 0 Å². The van der Waals surface area contributed by atoms with Crippen LogP contribution >= 0.6 is 0 Å². The van der Waals surface area contributed by atoms with Gasteiger partial charge in [-0.15, -0.1) is 0 Å². The van der Waals surface area contributed by atoms with Gasteiger partial charge in [0.1, 0.15) is 0 Å². The Bertz CT molecular complexity index is 587. The Kier molecular flexibility index (Phi) is 4.65. The molecule has 3 N–H and O–H groups in total. The molecule has 0 atom stereocenters. The van der Waals surface area contributed by atoms with Crippen LogP contribution in [0.2, 0.25) is 0 Å². The highest BCUT2D eigenvalue weighted by Gasteiger charge is 2.10. The van der Waals surface area contributed by atoms with E-state index in [1.807, 2.05) is 30.3 Å². The highest BCUT2D eigenvalue weighted by atomic mass is 16.6. The van der Waals surface area contributed by atoms with Crippen molar-refractivity contribution in [1.82, 2.24) is 0 Å². The Morgan fingerprint density at radius 3 is 2.55 bits per heavy atom. The molecule has 20 heavy (non-hydrogen) atoms. The fraction of sp³-hybridized carbons (Fsp3) is 0.143. The number of ether oxygens (including phenoxy) is 1. The standard InChI is InChI=1S/C14H15N3O3/c15-16-14-7-6-13(17(18)19)8-12(14)10-20-9-11-4-2-1-3-5-11/h1-8,16H,9-10,15H2. The molecule has 2 rings (SSSR count). The maximum absolute atomic E-state index is 10.8. The number of hydrazine groups is 1. The molecule has 0 aliphatic rings. The number of nitrogen functional groups attached to an aromatic ring is 1. The van der Waals surface area contributed by atoms with Crippen LogP contribution < -0.4 is 11.3 Å². The van der Waals surface area contributed by atoms with Gasteiger partial charge in [-0.05, 0) is 11.6 Å². The van der Waals surface area contributed by atoms with Crippen molar-refractivity contribution in [2.45, 2.75) is 13.2 Å². The molecular weight excluding hydrogens is 258 g/mol. The number of nitro groups is 1. The summed E-state index contributed by atoms with van der Waals surface area (Å²) in [6, 6.07) is 14.1. The zero-order valence-corrected chi connectivity index (χ0v) is 10.8. The second-order valence-electron chi connectivity index (χ2n) is 4.22. The fourth-order valence-corrected chi connectivity index (χ4v) is 1.81. The van der Waals surface area contributed by atoms with E-state index in [9.17, 15) is 10.1 Å². The Hall–Kier alpha value is -2.44. The number of hydrogen-bond donors (Lipinski definition) is 2. The summed E-state index contributed by atoms with van der Waals surface area (Å²) in [6.07, 6.45) is 0. The lowest BCUT2D eigenvalue weighted by atomic mass is 10.1. The summed E-state index contributed by atoms with van der Waals surface area (Å²) in [4.78, 5) is 10.3. The summed E-state index contributed by atoms with van der Waals surface area (Å²) in [5, 5.41) is 10.8. The normalized spacial score (nSPS) is 10.2. The smallest absolute Gasteiger partial charge is 0.269 e.